The van der Waals surface area contributed by atoms with E-state index in [0.717, 1.165) is 0 Å². The van der Waals surface area contributed by atoms with Crippen molar-refractivity contribution in [3.05, 3.63) is 6.15 Å². The van der Waals surface area contributed by atoms with E-state index in [1.165, 1.54) is 0 Å². The molecule has 5 N–H and O–H groups in total. The fourth-order valence-corrected chi connectivity index (χ4v) is 0. The average Bonchev–Trinajstić information content (AvgIpc) is 0. The SMILES string of the molecule is N.[Cf].[NH2-].[Zn]. The third-order valence-corrected chi connectivity index (χ3v) is 0. The van der Waals surface area contributed by atoms with Crippen LogP contribution in [0.15, 0.2) is 0 Å². The first-order chi connectivity index (χ1) is 0. The van der Waals surface area contributed by atoms with Crippen molar-refractivity contribution in [3.63, 3.8) is 0 Å². The Kier molecular flexibility index (Phi) is 799. The Bertz CT molecular complexity index is 6.00. The molecule has 0 saturated carbocycles. The maximum absolute atomic E-state index is 0. The summed E-state index contributed by atoms with van der Waals surface area (Å²) in [6.07, 6.45) is 0. The van der Waals surface area contributed by atoms with Crippen LogP contribution in [0.4, 0.5) is 0 Å². The van der Waals surface area contributed by atoms with E-state index in [9.17, 15) is 0 Å². The second-order valence-electron chi connectivity index (χ2n) is 0. The molecule has 0 fully saturated rings. The molecule has 0 atom stereocenters. The van der Waals surface area contributed by atoms with Crippen molar-refractivity contribution in [3.8, 4) is 0 Å². The van der Waals surface area contributed by atoms with Crippen LogP contribution < -0.4 is 6.15 Å². The van der Waals surface area contributed by atoms with E-state index in [1.54, 1.807) is 0 Å². The van der Waals surface area contributed by atoms with Gasteiger partial charge in [-0.25, -0.2) is 0 Å². The normalized spacial score (nSPS) is 0. The summed E-state index contributed by atoms with van der Waals surface area (Å²) in [5.74, 6) is 0. The van der Waals surface area contributed by atoms with Gasteiger partial charge in [0.2, 0.25) is 0 Å². The Balaban J connectivity index is 0. The van der Waals surface area contributed by atoms with Gasteiger partial charge in [0.1, 0.15) is 0 Å². The molecule has 0 aliphatic rings. The van der Waals surface area contributed by atoms with Gasteiger partial charge in [0, 0.05) is 19.5 Å². The van der Waals surface area contributed by atoms with E-state index in [4.69, 9.17) is 0 Å². The zero-order valence-corrected chi connectivity index (χ0v) is 7.91. The van der Waals surface area contributed by atoms with Gasteiger partial charge in [-0.05, 0) is 0 Å². The third-order valence-electron chi connectivity index (χ3n) is 0. The predicted octanol–water partition coefficient (Wildman–Crippen LogP) is 0.877. The van der Waals surface area contributed by atoms with Gasteiger partial charge in [-0.3, -0.25) is 0 Å². The first kappa shape index (κ1) is 110. The summed E-state index contributed by atoms with van der Waals surface area (Å²) in [4.78, 5) is 0. The minimum absolute atomic E-state index is 0. The Hall–Kier alpha value is -0.457. The molecule has 0 aromatic heterocycles. The fraction of sp³-hybridized carbons (Fsp3) is 0. The summed E-state index contributed by atoms with van der Waals surface area (Å²) in [5.41, 5.74) is 0. The molecule has 0 saturated heterocycles. The van der Waals surface area contributed by atoms with Crippen molar-refractivity contribution in [2.75, 3.05) is 0 Å². The Labute approximate surface area is 32.5 Å². The first-order valence-electron chi connectivity index (χ1n) is 0. The van der Waals surface area contributed by atoms with Gasteiger partial charge in [0.25, 0.3) is 0 Å². The molecule has 0 amide bonds. The standard InChI is InChI=1S/Cf.H3N.H2N.Zn/h;1H3;1H2;/q;;-1;. The van der Waals surface area contributed by atoms with Crippen LogP contribution in [0.3, 0.4) is 0 Å². The smallest absolute Gasteiger partial charge is 0 e. The molecule has 0 aromatic carbocycles. The molecular formula is H5CfN2Zn-. The van der Waals surface area contributed by atoms with E-state index in [2.05, 4.69) is 0 Å². The minimum Gasteiger partial charge on any atom is -0.693 e. The molecule has 28 valence electrons. The van der Waals surface area contributed by atoms with Crippen LogP contribution in [0.25, 0.3) is 6.15 Å². The van der Waals surface area contributed by atoms with E-state index in [1.807, 2.05) is 0 Å². The largest absolute Gasteiger partial charge is 0.693 e. The van der Waals surface area contributed by atoms with Crippen molar-refractivity contribution in [1.29, 1.82) is 0 Å². The van der Waals surface area contributed by atoms with Crippen LogP contribution in [-0.4, -0.2) is 0 Å². The second-order valence-corrected chi connectivity index (χ2v) is 0. The van der Waals surface area contributed by atoms with Gasteiger partial charge in [0.15, 0.2) is 0 Å². The van der Waals surface area contributed by atoms with Gasteiger partial charge >= 0.3 is 0 Å². The van der Waals surface area contributed by atoms with Crippen LogP contribution in [0, 0.1) is 0 Å². The summed E-state index contributed by atoms with van der Waals surface area (Å²) in [5, 5.41) is 0. The summed E-state index contributed by atoms with van der Waals surface area (Å²) in [6.45, 7) is 0. The van der Waals surface area contributed by atoms with Crippen LogP contribution in [0.5, 0.6) is 0 Å². The number of hydrogen-bond acceptors (Lipinski definition) is 1. The summed E-state index contributed by atoms with van der Waals surface area (Å²) >= 11 is 0. The summed E-state index contributed by atoms with van der Waals surface area (Å²) < 4.78 is 0. The van der Waals surface area contributed by atoms with Gasteiger partial charge in [-0.15, -0.1) is 0 Å². The van der Waals surface area contributed by atoms with Crippen molar-refractivity contribution in [1.82, 2.24) is 6.15 Å². The third kappa shape index (κ3) is 2.19. The molecule has 4 heteroatoms. The molecule has 0 radical (unpaired) electrons. The molecule has 0 aromatic rings. The molecule has 2 nitrogen and oxygen atoms in total. The van der Waals surface area contributed by atoms with Crippen molar-refractivity contribution >= 4 is 0 Å². The number of nitrogens with two attached hydrogens (primary N) is 1. The quantitative estimate of drug-likeness (QED) is 0.648. The zero-order valence-electron chi connectivity index (χ0n) is 2.31. The summed E-state index contributed by atoms with van der Waals surface area (Å²) in [6, 6.07) is 0. The molecule has 4 heavy (non-hydrogen) atoms. The van der Waals surface area contributed by atoms with Crippen molar-refractivity contribution < 1.29 is 19.5 Å². The summed E-state index contributed by atoms with van der Waals surface area (Å²) in [7, 11) is 0. The Morgan fingerprint density at radius 1 is 1.00 bits per heavy atom. The van der Waals surface area contributed by atoms with Crippen molar-refractivity contribution in [2.24, 2.45) is 0 Å². The van der Waals surface area contributed by atoms with Crippen molar-refractivity contribution in [2.45, 2.75) is 0 Å². The monoisotopic (exact) mass is 346 g/mol. The molecule has 0 bridgehead atoms. The molecule has 0 rings (SSSR count). The maximum Gasteiger partial charge on any atom is 0 e. The molecule has 0 spiro atoms. The Morgan fingerprint density at radius 2 is 1.00 bits per heavy atom. The van der Waals surface area contributed by atoms with Crippen LogP contribution in [-0.2, 0) is 19.5 Å². The van der Waals surface area contributed by atoms with Gasteiger partial charge in [-0.2, -0.15) is 0 Å². The second kappa shape index (κ2) is 29.1. The fourth-order valence-electron chi connectivity index (χ4n) is 0. The molecule has 0 aliphatic heterocycles. The van der Waals surface area contributed by atoms with E-state index in [-0.39, 0.29) is 31.8 Å². The van der Waals surface area contributed by atoms with E-state index < -0.39 is 0 Å². The molecule has 0 aliphatic carbocycles. The zero-order chi connectivity index (χ0) is 0. The van der Waals surface area contributed by atoms with Gasteiger partial charge in [0.05, 0.1) is 0 Å². The molecule has 0 unspecified atom stereocenters. The number of hydrogen-bond donors (Lipinski definition) is 1. The minimum atomic E-state index is 0. The van der Waals surface area contributed by atoms with Gasteiger partial charge < -0.3 is 12.3 Å². The average molecular weight is 349 g/mol. The van der Waals surface area contributed by atoms with Crippen LogP contribution in [0.2, 0.25) is 0 Å². The number of rotatable bonds is 0. The molecular weight excluding hydrogens is 344 g/mol. The van der Waals surface area contributed by atoms with Crippen LogP contribution in [0.1, 0.15) is 0 Å². The topological polar surface area (TPSA) is 68.5 Å². The van der Waals surface area contributed by atoms with E-state index in [0.29, 0.717) is 0 Å². The first-order valence-corrected chi connectivity index (χ1v) is 0. The van der Waals surface area contributed by atoms with Crippen LogP contribution >= 0.6 is 0 Å². The predicted molar refractivity (Wildman–Crippen MR) is 10.3 cm³/mol. The van der Waals surface area contributed by atoms with Gasteiger partial charge in [-0.1, -0.05) is 0 Å². The molecule has 0 heterocycles. The Morgan fingerprint density at radius 3 is 1.00 bits per heavy atom. The van der Waals surface area contributed by atoms with E-state index >= 15 is 0 Å². The maximum atomic E-state index is 0.